The van der Waals surface area contributed by atoms with Crippen LogP contribution in [0.4, 0.5) is 0 Å². The summed E-state index contributed by atoms with van der Waals surface area (Å²) >= 11 is 7.82. The number of halogens is 1. The van der Waals surface area contributed by atoms with Gasteiger partial charge in [-0.2, -0.15) is 0 Å². The lowest BCUT2D eigenvalue weighted by Gasteiger charge is -2.14. The summed E-state index contributed by atoms with van der Waals surface area (Å²) in [6, 6.07) is 15.8. The maximum absolute atomic E-state index is 6.21. The molecule has 0 fully saturated rings. The van der Waals surface area contributed by atoms with E-state index in [4.69, 9.17) is 16.3 Å². The van der Waals surface area contributed by atoms with E-state index in [1.807, 2.05) is 67.1 Å². The van der Waals surface area contributed by atoms with Crippen molar-refractivity contribution in [2.45, 2.75) is 30.9 Å². The minimum Gasteiger partial charge on any atom is -0.483 e. The van der Waals surface area contributed by atoms with Gasteiger partial charge in [0.1, 0.15) is 5.75 Å². The average molecular weight is 374 g/mol. The van der Waals surface area contributed by atoms with E-state index < -0.39 is 0 Å². The Kier molecular flexibility index (Phi) is 5.66. The van der Waals surface area contributed by atoms with Crippen molar-refractivity contribution in [3.8, 4) is 5.75 Å². The highest BCUT2D eigenvalue weighted by molar-refractivity contribution is 7.98. The Bertz CT molecular complexity index is 848. The lowest BCUT2D eigenvalue weighted by atomic mass is 10.2. The molecule has 130 valence electrons. The lowest BCUT2D eigenvalue weighted by Crippen LogP contribution is -2.10. The monoisotopic (exact) mass is 373 g/mol. The van der Waals surface area contributed by atoms with E-state index in [0.717, 1.165) is 33.1 Å². The van der Waals surface area contributed by atoms with Gasteiger partial charge in [0, 0.05) is 17.8 Å². The number of aryl methyl sites for hydroxylation is 1. The minimum absolute atomic E-state index is 0.185. The first kappa shape index (κ1) is 17.8. The first-order valence-corrected chi connectivity index (χ1v) is 9.40. The SMILES string of the molecule is Cc1ccc(OC(C)c2nnc(SCc3ccccc3Cl)n2C)cc1. The van der Waals surface area contributed by atoms with Gasteiger partial charge in [-0.3, -0.25) is 0 Å². The molecular formula is C19H20ClN3OS. The molecule has 1 aromatic heterocycles. The van der Waals surface area contributed by atoms with E-state index in [2.05, 4.69) is 17.1 Å². The van der Waals surface area contributed by atoms with Crippen LogP contribution in [0.25, 0.3) is 0 Å². The maximum Gasteiger partial charge on any atom is 0.191 e. The summed E-state index contributed by atoms with van der Waals surface area (Å²) < 4.78 is 7.95. The number of thioether (sulfide) groups is 1. The van der Waals surface area contributed by atoms with E-state index in [1.54, 1.807) is 11.8 Å². The summed E-state index contributed by atoms with van der Waals surface area (Å²) in [4.78, 5) is 0. The Hall–Kier alpha value is -1.98. The molecule has 6 heteroatoms. The van der Waals surface area contributed by atoms with Crippen LogP contribution in [0, 0.1) is 6.92 Å². The maximum atomic E-state index is 6.21. The molecule has 3 aromatic rings. The molecule has 0 aliphatic heterocycles. The summed E-state index contributed by atoms with van der Waals surface area (Å²) in [6.45, 7) is 4.03. The molecule has 1 atom stereocenters. The van der Waals surface area contributed by atoms with Gasteiger partial charge in [0.05, 0.1) is 0 Å². The first-order chi connectivity index (χ1) is 12.0. The molecule has 0 aliphatic rings. The van der Waals surface area contributed by atoms with Crippen molar-refractivity contribution in [1.29, 1.82) is 0 Å². The van der Waals surface area contributed by atoms with Crippen LogP contribution in [0.1, 0.15) is 30.0 Å². The van der Waals surface area contributed by atoms with Crippen LogP contribution < -0.4 is 4.74 Å². The van der Waals surface area contributed by atoms with Gasteiger partial charge in [0.2, 0.25) is 0 Å². The summed E-state index contributed by atoms with van der Waals surface area (Å²) in [5, 5.41) is 10.2. The number of hydrogen-bond donors (Lipinski definition) is 0. The van der Waals surface area contributed by atoms with Gasteiger partial charge >= 0.3 is 0 Å². The van der Waals surface area contributed by atoms with Crippen molar-refractivity contribution in [2.24, 2.45) is 7.05 Å². The number of aromatic nitrogens is 3. The molecule has 0 saturated heterocycles. The second kappa shape index (κ2) is 7.93. The van der Waals surface area contributed by atoms with Crippen LogP contribution in [0.3, 0.4) is 0 Å². The molecule has 0 radical (unpaired) electrons. The first-order valence-electron chi connectivity index (χ1n) is 8.03. The molecule has 3 rings (SSSR count). The third-order valence-corrected chi connectivity index (χ3v) is 5.32. The Morgan fingerprint density at radius 1 is 1.12 bits per heavy atom. The van der Waals surface area contributed by atoms with Crippen molar-refractivity contribution in [3.63, 3.8) is 0 Å². The smallest absolute Gasteiger partial charge is 0.191 e. The van der Waals surface area contributed by atoms with Crippen LogP contribution >= 0.6 is 23.4 Å². The van der Waals surface area contributed by atoms with Crippen LogP contribution in [-0.2, 0) is 12.8 Å². The highest BCUT2D eigenvalue weighted by Crippen LogP contribution is 2.27. The zero-order valence-corrected chi connectivity index (χ0v) is 16.0. The number of hydrogen-bond acceptors (Lipinski definition) is 4. The van der Waals surface area contributed by atoms with E-state index in [1.165, 1.54) is 5.56 Å². The zero-order chi connectivity index (χ0) is 17.8. The van der Waals surface area contributed by atoms with E-state index in [9.17, 15) is 0 Å². The Labute approximate surface area is 157 Å². The zero-order valence-electron chi connectivity index (χ0n) is 14.4. The fourth-order valence-corrected chi connectivity index (χ4v) is 3.64. The quantitative estimate of drug-likeness (QED) is 0.556. The van der Waals surface area contributed by atoms with Crippen LogP contribution in [0.15, 0.2) is 53.7 Å². The standard InChI is InChI=1S/C19H20ClN3OS/c1-13-8-10-16(11-9-13)24-14(2)18-21-22-19(23(18)3)25-12-15-6-4-5-7-17(15)20/h4-11,14H,12H2,1-3H3. The number of nitrogens with zero attached hydrogens (tertiary/aromatic N) is 3. The number of benzene rings is 2. The van der Waals surface area contributed by atoms with Gasteiger partial charge in [0.15, 0.2) is 17.1 Å². The predicted molar refractivity (Wildman–Crippen MR) is 102 cm³/mol. The summed E-state index contributed by atoms with van der Waals surface area (Å²) in [5.41, 5.74) is 2.29. The molecule has 0 amide bonds. The molecule has 2 aromatic carbocycles. The van der Waals surface area contributed by atoms with E-state index in [-0.39, 0.29) is 6.10 Å². The molecule has 1 heterocycles. The predicted octanol–water partition coefficient (Wildman–Crippen LogP) is 5.21. The van der Waals surface area contributed by atoms with Crippen molar-refractivity contribution >= 4 is 23.4 Å². The van der Waals surface area contributed by atoms with Crippen molar-refractivity contribution < 1.29 is 4.74 Å². The molecule has 25 heavy (non-hydrogen) atoms. The summed E-state index contributed by atoms with van der Waals surface area (Å²) in [7, 11) is 1.96. The topological polar surface area (TPSA) is 39.9 Å². The van der Waals surface area contributed by atoms with Crippen molar-refractivity contribution in [1.82, 2.24) is 14.8 Å². The van der Waals surface area contributed by atoms with Gasteiger partial charge in [-0.25, -0.2) is 0 Å². The van der Waals surface area contributed by atoms with Crippen LogP contribution in [-0.4, -0.2) is 14.8 Å². The largest absolute Gasteiger partial charge is 0.483 e. The van der Waals surface area contributed by atoms with E-state index in [0.29, 0.717) is 0 Å². The number of rotatable bonds is 6. The Morgan fingerprint density at radius 3 is 2.56 bits per heavy atom. The van der Waals surface area contributed by atoms with Gasteiger partial charge < -0.3 is 9.30 Å². The second-order valence-electron chi connectivity index (χ2n) is 5.85. The highest BCUT2D eigenvalue weighted by Gasteiger charge is 2.17. The highest BCUT2D eigenvalue weighted by atomic mass is 35.5. The molecule has 0 saturated carbocycles. The Balaban J connectivity index is 1.67. The van der Waals surface area contributed by atoms with Gasteiger partial charge in [-0.1, -0.05) is 59.3 Å². The molecule has 0 N–H and O–H groups in total. The normalized spacial score (nSPS) is 12.2. The van der Waals surface area contributed by atoms with Crippen LogP contribution in [0.5, 0.6) is 5.75 Å². The number of ether oxygens (including phenoxy) is 1. The molecule has 1 unspecified atom stereocenters. The molecular weight excluding hydrogens is 354 g/mol. The average Bonchev–Trinajstić information content (AvgIpc) is 2.97. The molecule has 0 spiro atoms. The van der Waals surface area contributed by atoms with E-state index >= 15 is 0 Å². The molecule has 0 bridgehead atoms. The lowest BCUT2D eigenvalue weighted by molar-refractivity contribution is 0.211. The fourth-order valence-electron chi connectivity index (χ4n) is 2.44. The third kappa shape index (κ3) is 4.35. The van der Waals surface area contributed by atoms with Crippen molar-refractivity contribution in [3.05, 3.63) is 70.5 Å². The van der Waals surface area contributed by atoms with Gasteiger partial charge in [-0.05, 0) is 37.6 Å². The summed E-state index contributed by atoms with van der Waals surface area (Å²) in [5.74, 6) is 2.37. The third-order valence-electron chi connectivity index (χ3n) is 3.88. The van der Waals surface area contributed by atoms with Crippen LogP contribution in [0.2, 0.25) is 5.02 Å². The Morgan fingerprint density at radius 2 is 1.84 bits per heavy atom. The fraction of sp³-hybridized carbons (Fsp3) is 0.263. The van der Waals surface area contributed by atoms with Gasteiger partial charge in [0.25, 0.3) is 0 Å². The molecule has 0 aliphatic carbocycles. The summed E-state index contributed by atoms with van der Waals surface area (Å²) in [6.07, 6.45) is -0.185. The van der Waals surface area contributed by atoms with Crippen molar-refractivity contribution in [2.75, 3.05) is 0 Å². The minimum atomic E-state index is -0.185. The van der Waals surface area contributed by atoms with Gasteiger partial charge in [-0.15, -0.1) is 10.2 Å². The second-order valence-corrected chi connectivity index (χ2v) is 7.20. The molecule has 4 nitrogen and oxygen atoms in total.